The molecule has 0 saturated carbocycles. The second-order valence-electron chi connectivity index (χ2n) is 5.72. The Morgan fingerprint density at radius 3 is 1.94 bits per heavy atom. The van der Waals surface area contributed by atoms with Crippen LogP contribution in [0.1, 0.15) is 72.1 Å². The van der Waals surface area contributed by atoms with E-state index in [1.54, 1.807) is 7.11 Å². The van der Waals surface area contributed by atoms with Crippen molar-refractivity contribution in [1.29, 1.82) is 0 Å². The Labute approximate surface area is 109 Å². The van der Waals surface area contributed by atoms with Gasteiger partial charge in [-0.05, 0) is 26.8 Å². The molecule has 0 saturated heterocycles. The Kier molecular flexibility index (Phi) is 11.0. The van der Waals surface area contributed by atoms with Crippen molar-refractivity contribution in [2.45, 2.75) is 77.7 Å². The molecule has 0 aromatic heterocycles. The molecule has 0 radical (unpaired) electrons. The third-order valence-electron chi connectivity index (χ3n) is 3.14. The lowest BCUT2D eigenvalue weighted by molar-refractivity contribution is 0.128. The van der Waals surface area contributed by atoms with E-state index in [0.717, 1.165) is 13.2 Å². The Hall–Kier alpha value is -0.0800. The van der Waals surface area contributed by atoms with Crippen molar-refractivity contribution in [3.05, 3.63) is 0 Å². The highest BCUT2D eigenvalue weighted by molar-refractivity contribution is 4.76. The summed E-state index contributed by atoms with van der Waals surface area (Å²) in [6.45, 7) is 8.56. The summed E-state index contributed by atoms with van der Waals surface area (Å²) < 4.78 is 5.18. The molecule has 0 rings (SSSR count). The van der Waals surface area contributed by atoms with Gasteiger partial charge in [-0.1, -0.05) is 51.9 Å². The van der Waals surface area contributed by atoms with Gasteiger partial charge in [0.05, 0.1) is 6.61 Å². The standard InChI is InChI=1S/C15H33NO/c1-5-6-7-8-9-10-11-12-13-16-15(2,3)14-17-4/h16H,5-14H2,1-4H3. The average Bonchev–Trinajstić information content (AvgIpc) is 2.27. The summed E-state index contributed by atoms with van der Waals surface area (Å²) in [4.78, 5) is 0. The van der Waals surface area contributed by atoms with Gasteiger partial charge in [0.1, 0.15) is 0 Å². The zero-order valence-corrected chi connectivity index (χ0v) is 12.5. The number of nitrogens with one attached hydrogen (secondary N) is 1. The van der Waals surface area contributed by atoms with Crippen molar-refractivity contribution < 1.29 is 4.74 Å². The molecule has 0 fully saturated rings. The van der Waals surface area contributed by atoms with Gasteiger partial charge in [0.2, 0.25) is 0 Å². The van der Waals surface area contributed by atoms with Crippen molar-refractivity contribution in [3.63, 3.8) is 0 Å². The largest absolute Gasteiger partial charge is 0.383 e. The van der Waals surface area contributed by atoms with Gasteiger partial charge >= 0.3 is 0 Å². The van der Waals surface area contributed by atoms with Gasteiger partial charge in [0.25, 0.3) is 0 Å². The molecule has 0 spiro atoms. The van der Waals surface area contributed by atoms with E-state index in [4.69, 9.17) is 4.74 Å². The molecule has 2 nitrogen and oxygen atoms in total. The normalized spacial score (nSPS) is 12.0. The fourth-order valence-electron chi connectivity index (χ4n) is 2.10. The first-order valence-corrected chi connectivity index (χ1v) is 7.36. The highest BCUT2D eigenvalue weighted by atomic mass is 16.5. The molecule has 0 heterocycles. The van der Waals surface area contributed by atoms with Crippen LogP contribution in [-0.2, 0) is 4.74 Å². The summed E-state index contributed by atoms with van der Waals surface area (Å²) in [5.74, 6) is 0. The second-order valence-corrected chi connectivity index (χ2v) is 5.72. The van der Waals surface area contributed by atoms with Gasteiger partial charge < -0.3 is 10.1 Å². The Bertz CT molecular complexity index is 157. The van der Waals surface area contributed by atoms with Crippen molar-refractivity contribution in [1.82, 2.24) is 5.32 Å². The Balaban J connectivity index is 3.18. The van der Waals surface area contributed by atoms with E-state index >= 15 is 0 Å². The van der Waals surface area contributed by atoms with Crippen LogP contribution in [0, 0.1) is 0 Å². The lowest BCUT2D eigenvalue weighted by Crippen LogP contribution is -2.43. The van der Waals surface area contributed by atoms with E-state index in [0.29, 0.717) is 0 Å². The maximum atomic E-state index is 5.18. The minimum atomic E-state index is 0.121. The first-order valence-electron chi connectivity index (χ1n) is 7.36. The number of hydrogen-bond acceptors (Lipinski definition) is 2. The lowest BCUT2D eigenvalue weighted by atomic mass is 10.1. The van der Waals surface area contributed by atoms with E-state index in [-0.39, 0.29) is 5.54 Å². The maximum absolute atomic E-state index is 5.18. The summed E-state index contributed by atoms with van der Waals surface area (Å²) in [6.07, 6.45) is 11.1. The van der Waals surface area contributed by atoms with E-state index < -0.39 is 0 Å². The smallest absolute Gasteiger partial charge is 0.0639 e. The SMILES string of the molecule is CCCCCCCCCCNC(C)(C)COC. The molecule has 0 aliphatic rings. The fourth-order valence-corrected chi connectivity index (χ4v) is 2.10. The maximum Gasteiger partial charge on any atom is 0.0639 e. The highest BCUT2D eigenvalue weighted by Crippen LogP contribution is 2.08. The predicted molar refractivity (Wildman–Crippen MR) is 76.6 cm³/mol. The van der Waals surface area contributed by atoms with Gasteiger partial charge in [-0.25, -0.2) is 0 Å². The molecule has 0 bridgehead atoms. The number of hydrogen-bond donors (Lipinski definition) is 1. The number of methoxy groups -OCH3 is 1. The van der Waals surface area contributed by atoms with Crippen LogP contribution >= 0.6 is 0 Å². The van der Waals surface area contributed by atoms with Crippen molar-refractivity contribution in [2.24, 2.45) is 0 Å². The van der Waals surface area contributed by atoms with E-state index in [1.807, 2.05) is 0 Å². The Morgan fingerprint density at radius 2 is 1.41 bits per heavy atom. The van der Waals surface area contributed by atoms with Gasteiger partial charge in [-0.15, -0.1) is 0 Å². The minimum absolute atomic E-state index is 0.121. The summed E-state index contributed by atoms with van der Waals surface area (Å²) in [6, 6.07) is 0. The first kappa shape index (κ1) is 16.9. The van der Waals surface area contributed by atoms with Gasteiger partial charge in [-0.2, -0.15) is 0 Å². The summed E-state index contributed by atoms with van der Waals surface area (Å²) in [5, 5.41) is 3.55. The van der Waals surface area contributed by atoms with Crippen LogP contribution in [-0.4, -0.2) is 25.8 Å². The summed E-state index contributed by atoms with van der Waals surface area (Å²) >= 11 is 0. The van der Waals surface area contributed by atoms with Crippen LogP contribution in [0.2, 0.25) is 0 Å². The molecule has 0 atom stereocenters. The first-order chi connectivity index (χ1) is 8.12. The summed E-state index contributed by atoms with van der Waals surface area (Å²) in [7, 11) is 1.76. The molecule has 0 aliphatic carbocycles. The molecule has 104 valence electrons. The van der Waals surface area contributed by atoms with Crippen molar-refractivity contribution in [2.75, 3.05) is 20.3 Å². The van der Waals surface area contributed by atoms with E-state index in [2.05, 4.69) is 26.1 Å². The predicted octanol–water partition coefficient (Wildman–Crippen LogP) is 4.14. The highest BCUT2D eigenvalue weighted by Gasteiger charge is 2.15. The van der Waals surface area contributed by atoms with Crippen molar-refractivity contribution in [3.8, 4) is 0 Å². The van der Waals surface area contributed by atoms with Gasteiger partial charge in [0, 0.05) is 12.6 Å². The molecule has 0 aliphatic heterocycles. The molecule has 1 N–H and O–H groups in total. The molecule has 0 amide bonds. The number of unbranched alkanes of at least 4 members (excludes halogenated alkanes) is 7. The van der Waals surface area contributed by atoms with Crippen LogP contribution in [0.4, 0.5) is 0 Å². The van der Waals surface area contributed by atoms with Crippen LogP contribution in [0.3, 0.4) is 0 Å². The van der Waals surface area contributed by atoms with Crippen LogP contribution in [0.25, 0.3) is 0 Å². The topological polar surface area (TPSA) is 21.3 Å². The number of ether oxygens (including phenoxy) is 1. The van der Waals surface area contributed by atoms with E-state index in [9.17, 15) is 0 Å². The Morgan fingerprint density at radius 1 is 0.882 bits per heavy atom. The lowest BCUT2D eigenvalue weighted by Gasteiger charge is -2.25. The van der Waals surface area contributed by atoms with Gasteiger partial charge in [-0.3, -0.25) is 0 Å². The number of rotatable bonds is 12. The molecule has 0 aromatic rings. The van der Waals surface area contributed by atoms with Crippen LogP contribution in [0.15, 0.2) is 0 Å². The minimum Gasteiger partial charge on any atom is -0.383 e. The second kappa shape index (κ2) is 11.0. The van der Waals surface area contributed by atoms with E-state index in [1.165, 1.54) is 51.4 Å². The molecular formula is C15H33NO. The zero-order chi connectivity index (χ0) is 13.0. The monoisotopic (exact) mass is 243 g/mol. The zero-order valence-electron chi connectivity index (χ0n) is 12.5. The third kappa shape index (κ3) is 12.2. The van der Waals surface area contributed by atoms with Crippen molar-refractivity contribution >= 4 is 0 Å². The molecule has 17 heavy (non-hydrogen) atoms. The molecule has 0 aromatic carbocycles. The quantitative estimate of drug-likeness (QED) is 0.520. The molecule has 0 unspecified atom stereocenters. The third-order valence-corrected chi connectivity index (χ3v) is 3.14. The molecule has 2 heteroatoms. The molecular weight excluding hydrogens is 210 g/mol. The van der Waals surface area contributed by atoms with Gasteiger partial charge in [0.15, 0.2) is 0 Å². The summed E-state index contributed by atoms with van der Waals surface area (Å²) in [5.41, 5.74) is 0.121. The van der Waals surface area contributed by atoms with Crippen LogP contribution < -0.4 is 5.32 Å². The average molecular weight is 243 g/mol. The van der Waals surface area contributed by atoms with Crippen LogP contribution in [0.5, 0.6) is 0 Å². The fraction of sp³-hybridized carbons (Fsp3) is 1.00.